The van der Waals surface area contributed by atoms with Crippen molar-refractivity contribution in [3.63, 3.8) is 0 Å². The van der Waals surface area contributed by atoms with E-state index >= 15 is 0 Å². The lowest BCUT2D eigenvalue weighted by molar-refractivity contribution is 0.465. The van der Waals surface area contributed by atoms with Crippen LogP contribution in [0, 0.1) is 5.92 Å². The van der Waals surface area contributed by atoms with Crippen molar-refractivity contribution >= 4 is 32.6 Å². The lowest BCUT2D eigenvalue weighted by atomic mass is 10.0. The maximum absolute atomic E-state index is 4.67. The van der Waals surface area contributed by atoms with Gasteiger partial charge in [0.2, 0.25) is 5.13 Å². The number of alkyl halides is 1. The summed E-state index contributed by atoms with van der Waals surface area (Å²) < 4.78 is 4.47. The van der Waals surface area contributed by atoms with Crippen LogP contribution in [-0.2, 0) is 0 Å². The van der Waals surface area contributed by atoms with E-state index in [2.05, 4.69) is 37.1 Å². The fourth-order valence-corrected chi connectivity index (χ4v) is 3.31. The van der Waals surface area contributed by atoms with Gasteiger partial charge in [-0.3, -0.25) is 0 Å². The first-order valence-electron chi connectivity index (χ1n) is 5.96. The second-order valence-corrected chi connectivity index (χ2v) is 6.84. The van der Waals surface area contributed by atoms with Gasteiger partial charge < -0.3 is 4.90 Å². The molecule has 1 saturated carbocycles. The molecule has 2 aliphatic rings. The molecule has 0 aromatic carbocycles. The second kappa shape index (κ2) is 4.26. The van der Waals surface area contributed by atoms with Gasteiger partial charge in [-0.25, -0.2) is 4.98 Å². The summed E-state index contributed by atoms with van der Waals surface area (Å²) in [5.41, 5.74) is 0. The van der Waals surface area contributed by atoms with Gasteiger partial charge in [0.15, 0.2) is 0 Å². The van der Waals surface area contributed by atoms with Crippen LogP contribution in [0.15, 0.2) is 0 Å². The Labute approximate surface area is 109 Å². The van der Waals surface area contributed by atoms with Gasteiger partial charge >= 0.3 is 0 Å². The Kier molecular flexibility index (Phi) is 2.92. The summed E-state index contributed by atoms with van der Waals surface area (Å²) in [4.78, 5) is 7.73. The van der Waals surface area contributed by atoms with Gasteiger partial charge in [0.1, 0.15) is 5.82 Å². The van der Waals surface area contributed by atoms with Crippen LogP contribution in [0.25, 0.3) is 0 Å². The quantitative estimate of drug-likeness (QED) is 0.786. The summed E-state index contributed by atoms with van der Waals surface area (Å²) in [6.45, 7) is 4.52. The highest BCUT2D eigenvalue weighted by Crippen LogP contribution is 2.40. The minimum atomic E-state index is 0.666. The van der Waals surface area contributed by atoms with Gasteiger partial charge in [0.25, 0.3) is 0 Å². The molecule has 0 bridgehead atoms. The normalized spacial score (nSPS) is 30.8. The molecule has 16 heavy (non-hydrogen) atoms. The van der Waals surface area contributed by atoms with Crippen molar-refractivity contribution in [3.8, 4) is 0 Å². The number of anilines is 1. The molecule has 5 heteroatoms. The lowest BCUT2D eigenvalue weighted by Crippen LogP contribution is -2.39. The average molecular weight is 302 g/mol. The molecular weight excluding hydrogens is 286 g/mol. The molecular formula is C11H16BrN3S. The van der Waals surface area contributed by atoms with Crippen LogP contribution in [0.1, 0.15) is 37.9 Å². The smallest absolute Gasteiger partial charge is 0.205 e. The van der Waals surface area contributed by atoms with Crippen molar-refractivity contribution in [2.24, 2.45) is 5.92 Å². The van der Waals surface area contributed by atoms with E-state index in [-0.39, 0.29) is 0 Å². The van der Waals surface area contributed by atoms with Crippen molar-refractivity contribution in [2.75, 3.05) is 18.0 Å². The van der Waals surface area contributed by atoms with Crippen LogP contribution < -0.4 is 4.90 Å². The van der Waals surface area contributed by atoms with E-state index in [9.17, 15) is 0 Å². The largest absolute Gasteiger partial charge is 0.347 e. The Bertz CT molecular complexity index is 377. The SMILES string of the molecule is CC1CN(c2nc(C3CC3)ns2)CCC1Br. The molecule has 0 radical (unpaired) electrons. The zero-order valence-electron chi connectivity index (χ0n) is 9.40. The van der Waals surface area contributed by atoms with Gasteiger partial charge in [-0.1, -0.05) is 22.9 Å². The molecule has 1 saturated heterocycles. The van der Waals surface area contributed by atoms with Crippen molar-refractivity contribution in [2.45, 2.75) is 36.9 Å². The molecule has 0 N–H and O–H groups in total. The fourth-order valence-electron chi connectivity index (χ4n) is 2.15. The van der Waals surface area contributed by atoms with Crippen LogP contribution in [0.3, 0.4) is 0 Å². The van der Waals surface area contributed by atoms with Crippen LogP contribution in [-0.4, -0.2) is 27.3 Å². The van der Waals surface area contributed by atoms with Gasteiger partial charge in [-0.15, -0.1) is 0 Å². The molecule has 1 aromatic heterocycles. The summed E-state index contributed by atoms with van der Waals surface area (Å²) in [6.07, 6.45) is 3.78. The molecule has 0 amide bonds. The zero-order chi connectivity index (χ0) is 11.1. The van der Waals surface area contributed by atoms with E-state index in [1.165, 1.54) is 19.3 Å². The van der Waals surface area contributed by atoms with Crippen molar-refractivity contribution in [3.05, 3.63) is 5.82 Å². The molecule has 1 aliphatic carbocycles. The first kappa shape index (κ1) is 11.0. The van der Waals surface area contributed by atoms with E-state index in [1.54, 1.807) is 11.5 Å². The third-order valence-electron chi connectivity index (χ3n) is 3.44. The van der Waals surface area contributed by atoms with E-state index < -0.39 is 0 Å². The average Bonchev–Trinajstić information content (AvgIpc) is 3.01. The van der Waals surface area contributed by atoms with Crippen LogP contribution in [0.2, 0.25) is 0 Å². The van der Waals surface area contributed by atoms with E-state index in [0.29, 0.717) is 16.7 Å². The predicted molar refractivity (Wildman–Crippen MR) is 70.6 cm³/mol. The van der Waals surface area contributed by atoms with Crippen molar-refractivity contribution < 1.29 is 0 Å². The number of rotatable bonds is 2. The maximum Gasteiger partial charge on any atom is 0.205 e. The van der Waals surface area contributed by atoms with Crippen molar-refractivity contribution in [1.29, 1.82) is 0 Å². The van der Waals surface area contributed by atoms with E-state index in [0.717, 1.165) is 24.0 Å². The number of hydrogen-bond donors (Lipinski definition) is 0. The molecule has 1 aromatic rings. The molecule has 2 fully saturated rings. The predicted octanol–water partition coefficient (Wildman–Crippen LogP) is 3.03. The minimum absolute atomic E-state index is 0.666. The van der Waals surface area contributed by atoms with Gasteiger partial charge in [-0.2, -0.15) is 4.37 Å². The molecule has 0 spiro atoms. The molecule has 2 atom stereocenters. The third-order valence-corrected chi connectivity index (χ3v) is 5.60. The van der Waals surface area contributed by atoms with Crippen molar-refractivity contribution in [1.82, 2.24) is 9.36 Å². The molecule has 1 aliphatic heterocycles. The Morgan fingerprint density at radius 1 is 1.38 bits per heavy atom. The zero-order valence-corrected chi connectivity index (χ0v) is 11.8. The highest BCUT2D eigenvalue weighted by molar-refractivity contribution is 9.09. The number of nitrogens with zero attached hydrogens (tertiary/aromatic N) is 3. The molecule has 2 heterocycles. The van der Waals surface area contributed by atoms with Gasteiger partial charge in [0.05, 0.1) is 0 Å². The fraction of sp³-hybridized carbons (Fsp3) is 0.818. The number of halogens is 1. The molecule has 88 valence electrons. The summed E-state index contributed by atoms with van der Waals surface area (Å²) in [6, 6.07) is 0. The maximum atomic E-state index is 4.67. The van der Waals surface area contributed by atoms with Gasteiger partial charge in [-0.05, 0) is 25.2 Å². The molecule has 2 unspecified atom stereocenters. The number of hydrogen-bond acceptors (Lipinski definition) is 4. The summed E-state index contributed by atoms with van der Waals surface area (Å²) >= 11 is 5.31. The third kappa shape index (κ3) is 2.12. The topological polar surface area (TPSA) is 29.0 Å². The highest BCUT2D eigenvalue weighted by atomic mass is 79.9. The van der Waals surface area contributed by atoms with E-state index in [1.807, 2.05) is 0 Å². The van der Waals surface area contributed by atoms with Crippen LogP contribution in [0.5, 0.6) is 0 Å². The first-order chi connectivity index (χ1) is 7.74. The molecule has 3 rings (SSSR count). The Morgan fingerprint density at radius 2 is 2.19 bits per heavy atom. The second-order valence-electron chi connectivity index (χ2n) is 4.94. The monoisotopic (exact) mass is 301 g/mol. The van der Waals surface area contributed by atoms with E-state index in [4.69, 9.17) is 0 Å². The minimum Gasteiger partial charge on any atom is -0.347 e. The highest BCUT2D eigenvalue weighted by Gasteiger charge is 2.30. The number of aromatic nitrogens is 2. The Hall–Kier alpha value is -0.160. The Balaban J connectivity index is 1.71. The lowest BCUT2D eigenvalue weighted by Gasteiger charge is -2.33. The summed E-state index contributed by atoms with van der Waals surface area (Å²) in [7, 11) is 0. The van der Waals surface area contributed by atoms with Gasteiger partial charge in [0, 0.05) is 35.4 Å². The van der Waals surface area contributed by atoms with Crippen LogP contribution in [0.4, 0.5) is 5.13 Å². The Morgan fingerprint density at radius 3 is 2.88 bits per heavy atom. The number of piperidine rings is 1. The standard InChI is InChI=1S/C11H16BrN3S/c1-7-6-15(5-4-9(7)12)11-13-10(14-16-11)8-2-3-8/h7-9H,2-6H2,1H3. The molecule has 3 nitrogen and oxygen atoms in total. The summed E-state index contributed by atoms with van der Waals surface area (Å²) in [5.74, 6) is 2.46. The van der Waals surface area contributed by atoms with Crippen LogP contribution >= 0.6 is 27.5 Å². The first-order valence-corrected chi connectivity index (χ1v) is 7.65. The summed E-state index contributed by atoms with van der Waals surface area (Å²) in [5, 5.41) is 1.13.